The maximum atomic E-state index is 12.5. The Labute approximate surface area is 106 Å². The summed E-state index contributed by atoms with van der Waals surface area (Å²) in [7, 11) is 0. The summed E-state index contributed by atoms with van der Waals surface area (Å²) < 4.78 is 30.1. The van der Waals surface area contributed by atoms with E-state index in [1.165, 1.54) is 0 Å². The minimum atomic E-state index is -2.68. The van der Waals surface area contributed by atoms with Crippen LogP contribution in [-0.2, 0) is 4.74 Å². The number of alkyl carbamates (subject to hydrolysis) is 1. The van der Waals surface area contributed by atoms with Gasteiger partial charge in [-0.25, -0.2) is 13.6 Å². The minimum Gasteiger partial charge on any atom is -0.446 e. The van der Waals surface area contributed by atoms with Crippen LogP contribution in [0.5, 0.6) is 0 Å². The molecule has 0 aliphatic heterocycles. The summed E-state index contributed by atoms with van der Waals surface area (Å²) in [5, 5.41) is 2.64. The van der Waals surface area contributed by atoms with Crippen LogP contribution in [0.3, 0.4) is 0 Å². The van der Waals surface area contributed by atoms with Crippen LogP contribution in [0.2, 0.25) is 0 Å². The number of alkyl halides is 2. The molecule has 0 fully saturated rings. The first-order chi connectivity index (χ1) is 7.49. The molecular weight excluding hydrogens is 248 g/mol. The highest BCUT2D eigenvalue weighted by molar-refractivity contribution is 7.99. The van der Waals surface area contributed by atoms with Gasteiger partial charge >= 0.3 is 6.09 Å². The molecular formula is C11H21F2NO2S. The Morgan fingerprint density at radius 1 is 1.35 bits per heavy atom. The average molecular weight is 269 g/mol. The molecule has 17 heavy (non-hydrogen) atoms. The largest absolute Gasteiger partial charge is 0.446 e. The summed E-state index contributed by atoms with van der Waals surface area (Å²) in [5.74, 6) is -2.58. The second-order valence-corrected chi connectivity index (χ2v) is 6.21. The first kappa shape index (κ1) is 16.5. The maximum Gasteiger partial charge on any atom is 0.407 e. The highest BCUT2D eigenvalue weighted by Crippen LogP contribution is 2.19. The topological polar surface area (TPSA) is 38.3 Å². The van der Waals surface area contributed by atoms with E-state index >= 15 is 0 Å². The number of hydrogen-bond donors (Lipinski definition) is 1. The standard InChI is InChI=1S/C11H21F2NO2S/c1-8(6-17-7-11(5,12)13)16-9(15)14-10(2,3)4/h8H,6-7H2,1-5H3,(H,14,15)/t8-/m1/s1. The first-order valence-corrected chi connectivity index (χ1v) is 6.59. The highest BCUT2D eigenvalue weighted by atomic mass is 32.2. The van der Waals surface area contributed by atoms with Gasteiger partial charge in [-0.2, -0.15) is 11.8 Å². The van der Waals surface area contributed by atoms with Crippen LogP contribution in [0.4, 0.5) is 13.6 Å². The third-order valence-electron chi connectivity index (χ3n) is 1.49. The van der Waals surface area contributed by atoms with Crippen LogP contribution in [0.25, 0.3) is 0 Å². The van der Waals surface area contributed by atoms with Crippen molar-refractivity contribution in [1.82, 2.24) is 5.32 Å². The van der Waals surface area contributed by atoms with E-state index in [9.17, 15) is 13.6 Å². The van der Waals surface area contributed by atoms with E-state index in [4.69, 9.17) is 4.74 Å². The van der Waals surface area contributed by atoms with E-state index in [1.807, 2.05) is 20.8 Å². The number of halogens is 2. The van der Waals surface area contributed by atoms with Crippen LogP contribution in [-0.4, -0.2) is 35.2 Å². The lowest BCUT2D eigenvalue weighted by Crippen LogP contribution is -2.42. The SMILES string of the molecule is C[C@H](CSCC(C)(F)F)OC(=O)NC(C)(C)C. The van der Waals surface area contributed by atoms with Crippen molar-refractivity contribution in [3.05, 3.63) is 0 Å². The Kier molecular flexibility index (Phi) is 6.23. The lowest BCUT2D eigenvalue weighted by molar-refractivity contribution is 0.0491. The van der Waals surface area contributed by atoms with Gasteiger partial charge < -0.3 is 10.1 Å². The van der Waals surface area contributed by atoms with Gasteiger partial charge in [-0.1, -0.05) is 0 Å². The van der Waals surface area contributed by atoms with E-state index in [-0.39, 0.29) is 17.4 Å². The van der Waals surface area contributed by atoms with Gasteiger partial charge in [0.05, 0.1) is 5.75 Å². The summed E-state index contributed by atoms with van der Waals surface area (Å²) in [6.45, 7) is 8.07. The monoisotopic (exact) mass is 269 g/mol. The summed E-state index contributed by atoms with van der Waals surface area (Å²) in [6, 6.07) is 0. The van der Waals surface area contributed by atoms with E-state index < -0.39 is 12.0 Å². The fraction of sp³-hybridized carbons (Fsp3) is 0.909. The molecule has 0 heterocycles. The van der Waals surface area contributed by atoms with Crippen LogP contribution in [0, 0.1) is 0 Å². The quantitative estimate of drug-likeness (QED) is 0.832. The second-order valence-electron chi connectivity index (χ2n) is 5.18. The van der Waals surface area contributed by atoms with E-state index in [0.29, 0.717) is 5.75 Å². The molecule has 1 N–H and O–H groups in total. The number of carbonyl (C=O) groups is 1. The van der Waals surface area contributed by atoms with Gasteiger partial charge in [0.15, 0.2) is 0 Å². The molecule has 0 saturated carbocycles. The Morgan fingerprint density at radius 2 is 1.88 bits per heavy atom. The van der Waals surface area contributed by atoms with Crippen molar-refractivity contribution < 1.29 is 18.3 Å². The van der Waals surface area contributed by atoms with E-state index in [2.05, 4.69) is 5.32 Å². The third kappa shape index (κ3) is 11.7. The number of thioether (sulfide) groups is 1. The molecule has 1 atom stereocenters. The zero-order valence-corrected chi connectivity index (χ0v) is 11.8. The first-order valence-electron chi connectivity index (χ1n) is 5.44. The number of ether oxygens (including phenoxy) is 1. The molecule has 0 radical (unpaired) electrons. The molecule has 6 heteroatoms. The van der Waals surface area contributed by atoms with Gasteiger partial charge in [-0.15, -0.1) is 0 Å². The minimum absolute atomic E-state index is 0.262. The summed E-state index contributed by atoms with van der Waals surface area (Å²) in [5.41, 5.74) is -0.361. The predicted molar refractivity (Wildman–Crippen MR) is 66.8 cm³/mol. The van der Waals surface area contributed by atoms with Crippen molar-refractivity contribution in [3.8, 4) is 0 Å². The van der Waals surface area contributed by atoms with Crippen molar-refractivity contribution in [2.45, 2.75) is 52.2 Å². The molecule has 0 aromatic carbocycles. The van der Waals surface area contributed by atoms with Gasteiger partial charge in [0, 0.05) is 18.2 Å². The van der Waals surface area contributed by atoms with Gasteiger partial charge in [-0.05, 0) is 27.7 Å². The average Bonchev–Trinajstić information content (AvgIpc) is 1.96. The Bertz CT molecular complexity index is 249. The fourth-order valence-electron chi connectivity index (χ4n) is 0.956. The molecule has 1 amide bonds. The molecule has 0 aliphatic rings. The van der Waals surface area contributed by atoms with Gasteiger partial charge in [0.1, 0.15) is 6.10 Å². The van der Waals surface area contributed by atoms with Crippen molar-refractivity contribution in [2.75, 3.05) is 11.5 Å². The molecule has 0 rings (SSSR count). The summed E-state index contributed by atoms with van der Waals surface area (Å²) >= 11 is 1.07. The molecule has 0 bridgehead atoms. The van der Waals surface area contributed by atoms with E-state index in [0.717, 1.165) is 18.7 Å². The zero-order valence-electron chi connectivity index (χ0n) is 11.0. The van der Waals surface area contributed by atoms with Gasteiger partial charge in [-0.3, -0.25) is 0 Å². The Morgan fingerprint density at radius 3 is 2.29 bits per heavy atom. The predicted octanol–water partition coefficient (Wildman–Crippen LogP) is 3.29. The van der Waals surface area contributed by atoms with Crippen molar-refractivity contribution >= 4 is 17.9 Å². The number of amides is 1. The lowest BCUT2D eigenvalue weighted by Gasteiger charge is -2.22. The zero-order chi connectivity index (χ0) is 13.7. The number of hydrogen-bond acceptors (Lipinski definition) is 3. The molecule has 0 aromatic rings. The normalized spacial score (nSPS) is 14.3. The summed E-state index contributed by atoms with van der Waals surface area (Å²) in [6.07, 6.45) is -0.904. The smallest absolute Gasteiger partial charge is 0.407 e. The number of rotatable bonds is 5. The number of carbonyl (C=O) groups excluding carboxylic acids is 1. The van der Waals surface area contributed by atoms with Crippen LogP contribution >= 0.6 is 11.8 Å². The van der Waals surface area contributed by atoms with Crippen LogP contribution in [0.15, 0.2) is 0 Å². The van der Waals surface area contributed by atoms with Crippen LogP contribution in [0.1, 0.15) is 34.6 Å². The molecule has 0 aromatic heterocycles. The molecule has 102 valence electrons. The Hall–Kier alpha value is -0.520. The Balaban J connectivity index is 3.79. The van der Waals surface area contributed by atoms with E-state index in [1.54, 1.807) is 6.92 Å². The molecule has 0 unspecified atom stereocenters. The van der Waals surface area contributed by atoms with Crippen molar-refractivity contribution in [3.63, 3.8) is 0 Å². The lowest BCUT2D eigenvalue weighted by atomic mass is 10.1. The fourth-order valence-corrected chi connectivity index (χ4v) is 1.83. The molecule has 0 aliphatic carbocycles. The third-order valence-corrected chi connectivity index (χ3v) is 2.91. The molecule has 0 saturated heterocycles. The molecule has 0 spiro atoms. The highest BCUT2D eigenvalue weighted by Gasteiger charge is 2.22. The summed E-state index contributed by atoms with van der Waals surface area (Å²) in [4.78, 5) is 11.3. The van der Waals surface area contributed by atoms with Crippen molar-refractivity contribution in [1.29, 1.82) is 0 Å². The number of nitrogens with one attached hydrogen (secondary N) is 1. The van der Waals surface area contributed by atoms with Crippen molar-refractivity contribution in [2.24, 2.45) is 0 Å². The molecule has 3 nitrogen and oxygen atoms in total. The van der Waals surface area contributed by atoms with Crippen LogP contribution < -0.4 is 5.32 Å². The maximum absolute atomic E-state index is 12.5. The van der Waals surface area contributed by atoms with Gasteiger partial charge in [0.2, 0.25) is 0 Å². The second kappa shape index (κ2) is 6.42. The van der Waals surface area contributed by atoms with Gasteiger partial charge in [0.25, 0.3) is 5.92 Å².